The van der Waals surface area contributed by atoms with Crippen LogP contribution in [0.5, 0.6) is 0 Å². The normalized spacial score (nSPS) is 12.4. The first-order chi connectivity index (χ1) is 4.66. The molecule has 58 valence electrons. The molecule has 0 spiro atoms. The minimum absolute atomic E-state index is 0.224. The molecule has 0 aromatic carbocycles. The third kappa shape index (κ3) is 5.93. The number of nitrogens with zero attached hydrogens (tertiary/aromatic N) is 1. The maximum absolute atomic E-state index is 10.7. The topological polar surface area (TPSA) is 20.3 Å². The quantitative estimate of drug-likeness (QED) is 0.449. The van der Waals surface area contributed by atoms with Crippen molar-refractivity contribution in [3.05, 3.63) is 12.2 Å². The minimum atomic E-state index is 0.224. The Kier molecular flexibility index (Phi) is 5.46. The van der Waals surface area contributed by atoms with Crippen molar-refractivity contribution in [3.8, 4) is 0 Å². The van der Waals surface area contributed by atoms with Crippen LogP contribution in [-0.4, -0.2) is 37.7 Å². The van der Waals surface area contributed by atoms with E-state index in [9.17, 15) is 4.79 Å². The number of likely N-dealkylation sites (N-methyl/N-ethyl adjacent to an activating group) is 1. The number of carbonyl (C=O) groups is 1. The summed E-state index contributed by atoms with van der Waals surface area (Å²) in [6.07, 6.45) is 3.54. The van der Waals surface area contributed by atoms with Gasteiger partial charge in [0.2, 0.25) is 0 Å². The van der Waals surface area contributed by atoms with E-state index in [-0.39, 0.29) is 5.52 Å². The fraction of sp³-hybridized carbons (Fsp3) is 0.571. The van der Waals surface area contributed by atoms with Crippen molar-refractivity contribution in [2.45, 2.75) is 0 Å². The van der Waals surface area contributed by atoms with Crippen molar-refractivity contribution in [2.75, 3.05) is 27.3 Å². The van der Waals surface area contributed by atoms with Crippen LogP contribution in [0.2, 0.25) is 0 Å². The van der Waals surface area contributed by atoms with E-state index in [1.807, 2.05) is 31.7 Å². The molecule has 2 nitrogen and oxygen atoms in total. The molecule has 0 aromatic heterocycles. The second-order valence-electron chi connectivity index (χ2n) is 2.28. The molecule has 3 heteroatoms. The van der Waals surface area contributed by atoms with E-state index < -0.39 is 0 Å². The van der Waals surface area contributed by atoms with Gasteiger partial charge in [-0.2, -0.15) is 0 Å². The summed E-state index contributed by atoms with van der Waals surface area (Å²) in [6, 6.07) is 0. The lowest BCUT2D eigenvalue weighted by Crippen LogP contribution is -2.10. The average molecular weight is 159 g/mol. The van der Waals surface area contributed by atoms with Gasteiger partial charge >= 0.3 is 0 Å². The molecule has 0 saturated heterocycles. The third-order valence-corrected chi connectivity index (χ3v) is 1.65. The molecule has 1 unspecified atom stereocenters. The molecular weight excluding hydrogens is 145 g/mol. The Morgan fingerprint density at radius 2 is 2.20 bits per heavy atom. The second-order valence-corrected chi connectivity index (χ2v) is 3.27. The van der Waals surface area contributed by atoms with E-state index in [2.05, 4.69) is 0 Å². The van der Waals surface area contributed by atoms with E-state index in [1.54, 1.807) is 6.08 Å². The Balaban J connectivity index is 3.46. The van der Waals surface area contributed by atoms with Crippen LogP contribution in [0.15, 0.2) is 12.2 Å². The van der Waals surface area contributed by atoms with Gasteiger partial charge in [-0.3, -0.25) is 4.79 Å². The van der Waals surface area contributed by atoms with E-state index in [0.717, 1.165) is 6.54 Å². The van der Waals surface area contributed by atoms with Gasteiger partial charge in [-0.25, -0.2) is 0 Å². The predicted molar refractivity (Wildman–Crippen MR) is 46.9 cm³/mol. The maximum Gasteiger partial charge on any atom is 0.173 e. The Hall–Kier alpha value is -0.200. The molecular formula is C7H14NOP. The number of carbonyl (C=O) groups excluding carboxylic acids is 1. The molecule has 1 atom stereocenters. The van der Waals surface area contributed by atoms with Gasteiger partial charge in [0.05, 0.1) is 0 Å². The summed E-state index contributed by atoms with van der Waals surface area (Å²) >= 11 is 0. The molecule has 10 heavy (non-hydrogen) atoms. The van der Waals surface area contributed by atoms with E-state index >= 15 is 0 Å². The highest BCUT2D eigenvalue weighted by molar-refractivity contribution is 7.57. The number of allylic oxidation sites excluding steroid dienone is 1. The van der Waals surface area contributed by atoms with Crippen molar-refractivity contribution in [2.24, 2.45) is 0 Å². The smallest absolute Gasteiger partial charge is 0.173 e. The summed E-state index contributed by atoms with van der Waals surface area (Å²) in [6.45, 7) is 2.73. The molecule has 0 saturated carbocycles. The van der Waals surface area contributed by atoms with Crippen molar-refractivity contribution >= 4 is 14.1 Å². The van der Waals surface area contributed by atoms with Gasteiger partial charge in [0.15, 0.2) is 5.52 Å². The van der Waals surface area contributed by atoms with Gasteiger partial charge in [-0.05, 0) is 35.4 Å². The third-order valence-electron chi connectivity index (χ3n) is 0.986. The molecule has 0 aliphatic heterocycles. The molecule has 0 amide bonds. The standard InChI is InChI=1S/C7H14NOP/c1-8(2)6-4-5-7(9)10-3/h4-5,10H,6H2,1-3H3/b5-4+. The first kappa shape index (κ1) is 9.80. The predicted octanol–water partition coefficient (Wildman–Crippen LogP) is 0.939. The molecule has 0 aliphatic rings. The zero-order chi connectivity index (χ0) is 7.98. The number of rotatable bonds is 4. The van der Waals surface area contributed by atoms with E-state index in [0.29, 0.717) is 8.58 Å². The monoisotopic (exact) mass is 159 g/mol. The molecule has 0 fully saturated rings. The highest BCUT2D eigenvalue weighted by Gasteiger charge is 1.88. The van der Waals surface area contributed by atoms with Gasteiger partial charge in [0.25, 0.3) is 0 Å². The second kappa shape index (κ2) is 5.57. The molecule has 0 bridgehead atoms. The SMILES string of the molecule is CPC(=O)/C=C/CN(C)C. The Labute approximate surface area is 64.1 Å². The summed E-state index contributed by atoms with van der Waals surface area (Å²) in [4.78, 5) is 12.7. The fourth-order valence-corrected chi connectivity index (χ4v) is 0.738. The van der Waals surface area contributed by atoms with Crippen molar-refractivity contribution < 1.29 is 4.79 Å². The number of hydrogen-bond donors (Lipinski definition) is 0. The summed E-state index contributed by atoms with van der Waals surface area (Å²) < 4.78 is 0. The van der Waals surface area contributed by atoms with Crippen LogP contribution in [0.3, 0.4) is 0 Å². The van der Waals surface area contributed by atoms with Crippen LogP contribution in [0.25, 0.3) is 0 Å². The molecule has 0 aromatic rings. The van der Waals surface area contributed by atoms with Gasteiger partial charge < -0.3 is 4.90 Å². The van der Waals surface area contributed by atoms with Crippen molar-refractivity contribution in [1.82, 2.24) is 4.90 Å². The first-order valence-corrected chi connectivity index (χ1v) is 4.70. The number of hydrogen-bond acceptors (Lipinski definition) is 2. The molecule has 0 radical (unpaired) electrons. The molecule has 0 aliphatic carbocycles. The van der Waals surface area contributed by atoms with Crippen LogP contribution < -0.4 is 0 Å². The van der Waals surface area contributed by atoms with Crippen LogP contribution in [0.4, 0.5) is 0 Å². The van der Waals surface area contributed by atoms with Crippen LogP contribution in [0, 0.1) is 0 Å². The van der Waals surface area contributed by atoms with Crippen molar-refractivity contribution in [3.63, 3.8) is 0 Å². The van der Waals surface area contributed by atoms with Gasteiger partial charge in [-0.15, -0.1) is 0 Å². The Bertz CT molecular complexity index is 132. The fourth-order valence-electron chi connectivity index (χ4n) is 0.454. The molecule has 0 N–H and O–H groups in total. The van der Waals surface area contributed by atoms with Crippen molar-refractivity contribution in [1.29, 1.82) is 0 Å². The summed E-state index contributed by atoms with van der Waals surface area (Å²) in [7, 11) is 4.34. The lowest BCUT2D eigenvalue weighted by Gasteiger charge is -2.02. The van der Waals surface area contributed by atoms with E-state index in [4.69, 9.17) is 0 Å². The average Bonchev–Trinajstić information content (AvgIpc) is 1.87. The Morgan fingerprint density at radius 3 is 2.60 bits per heavy atom. The van der Waals surface area contributed by atoms with Crippen LogP contribution in [0.1, 0.15) is 0 Å². The van der Waals surface area contributed by atoms with Gasteiger partial charge in [0.1, 0.15) is 0 Å². The highest BCUT2D eigenvalue weighted by atomic mass is 31.1. The highest BCUT2D eigenvalue weighted by Crippen LogP contribution is 2.03. The van der Waals surface area contributed by atoms with E-state index in [1.165, 1.54) is 0 Å². The zero-order valence-corrected chi connectivity index (χ0v) is 7.72. The zero-order valence-electron chi connectivity index (χ0n) is 6.72. The van der Waals surface area contributed by atoms with Gasteiger partial charge in [0, 0.05) is 6.54 Å². The summed E-state index contributed by atoms with van der Waals surface area (Å²) in [5.74, 6) is 0. The van der Waals surface area contributed by atoms with Crippen LogP contribution in [-0.2, 0) is 4.79 Å². The summed E-state index contributed by atoms with van der Waals surface area (Å²) in [5.41, 5.74) is 0.224. The Morgan fingerprint density at radius 1 is 1.60 bits per heavy atom. The minimum Gasteiger partial charge on any atom is -0.306 e. The lowest BCUT2D eigenvalue weighted by atomic mass is 10.5. The lowest BCUT2D eigenvalue weighted by molar-refractivity contribution is -0.107. The van der Waals surface area contributed by atoms with Gasteiger partial charge in [-0.1, -0.05) is 6.08 Å². The molecule has 0 rings (SSSR count). The first-order valence-electron chi connectivity index (χ1n) is 3.20. The van der Waals surface area contributed by atoms with Crippen LogP contribution >= 0.6 is 8.58 Å². The largest absolute Gasteiger partial charge is 0.306 e. The molecule has 0 heterocycles. The maximum atomic E-state index is 10.7. The summed E-state index contributed by atoms with van der Waals surface area (Å²) in [5, 5.41) is 0.